The summed E-state index contributed by atoms with van der Waals surface area (Å²) in [6, 6.07) is 0. The first-order valence-corrected chi connectivity index (χ1v) is 7.35. The number of piperidine rings is 1. The number of rotatable bonds is 4. The molecule has 2 rings (SSSR count). The van der Waals surface area contributed by atoms with Crippen LogP contribution in [0.1, 0.15) is 37.0 Å². The molecule has 1 atom stereocenters. The zero-order valence-corrected chi connectivity index (χ0v) is 12.7. The summed E-state index contributed by atoms with van der Waals surface area (Å²) >= 11 is 0. The molecule has 0 saturated carbocycles. The van der Waals surface area contributed by atoms with Gasteiger partial charge in [-0.15, -0.1) is 0 Å². The van der Waals surface area contributed by atoms with Gasteiger partial charge in [0.15, 0.2) is 0 Å². The van der Waals surface area contributed by atoms with Gasteiger partial charge in [-0.25, -0.2) is 4.98 Å². The lowest BCUT2D eigenvalue weighted by Gasteiger charge is -2.34. The number of aromatic nitrogens is 2. The van der Waals surface area contributed by atoms with Gasteiger partial charge in [-0.05, 0) is 51.6 Å². The third-order valence-corrected chi connectivity index (χ3v) is 4.80. The molecule has 1 aliphatic heterocycles. The van der Waals surface area contributed by atoms with Crippen molar-refractivity contribution in [3.8, 4) is 0 Å². The van der Waals surface area contributed by atoms with Crippen molar-refractivity contribution in [3.63, 3.8) is 0 Å². The van der Waals surface area contributed by atoms with E-state index in [0.717, 1.165) is 25.3 Å². The maximum atomic E-state index is 9.23. The zero-order chi connectivity index (χ0) is 14.0. The van der Waals surface area contributed by atoms with Crippen LogP contribution in [0.4, 0.5) is 0 Å². The minimum atomic E-state index is 0.322. The van der Waals surface area contributed by atoms with E-state index in [1.807, 2.05) is 0 Å². The van der Waals surface area contributed by atoms with Gasteiger partial charge in [0.2, 0.25) is 0 Å². The highest BCUT2D eigenvalue weighted by atomic mass is 16.3. The zero-order valence-electron chi connectivity index (χ0n) is 12.7. The first-order valence-electron chi connectivity index (χ1n) is 7.35. The van der Waals surface area contributed by atoms with Crippen LogP contribution in [0.25, 0.3) is 0 Å². The summed E-state index contributed by atoms with van der Waals surface area (Å²) in [5, 5.41) is 9.23. The molecule has 0 bridgehead atoms. The van der Waals surface area contributed by atoms with Gasteiger partial charge in [-0.2, -0.15) is 0 Å². The molecular formula is C15H27N3O. The van der Waals surface area contributed by atoms with Crippen LogP contribution < -0.4 is 0 Å². The molecule has 1 N–H and O–H groups in total. The second-order valence-corrected chi connectivity index (χ2v) is 6.03. The maximum absolute atomic E-state index is 9.23. The van der Waals surface area contributed by atoms with Crippen LogP contribution in [0.2, 0.25) is 0 Å². The Balaban J connectivity index is 1.90. The smallest absolute Gasteiger partial charge is 0.123 e. The van der Waals surface area contributed by atoms with Crippen molar-refractivity contribution in [2.75, 3.05) is 19.7 Å². The lowest BCUT2D eigenvalue weighted by molar-refractivity contribution is 0.110. The largest absolute Gasteiger partial charge is 0.396 e. The summed E-state index contributed by atoms with van der Waals surface area (Å²) in [6.07, 6.45) is 2.40. The molecule has 19 heavy (non-hydrogen) atoms. The summed E-state index contributed by atoms with van der Waals surface area (Å²) < 4.78 is 2.21. The summed E-state index contributed by atoms with van der Waals surface area (Å²) in [7, 11) is 2.10. The Morgan fingerprint density at radius 2 is 1.95 bits per heavy atom. The van der Waals surface area contributed by atoms with Gasteiger partial charge < -0.3 is 9.67 Å². The number of aliphatic hydroxyl groups is 1. The van der Waals surface area contributed by atoms with Crippen LogP contribution >= 0.6 is 0 Å². The maximum Gasteiger partial charge on any atom is 0.123 e. The Morgan fingerprint density at radius 1 is 1.32 bits per heavy atom. The quantitative estimate of drug-likeness (QED) is 0.903. The van der Waals surface area contributed by atoms with E-state index in [4.69, 9.17) is 0 Å². The van der Waals surface area contributed by atoms with Gasteiger partial charge in [0, 0.05) is 19.3 Å². The molecule has 1 aliphatic rings. The molecule has 0 aliphatic carbocycles. The van der Waals surface area contributed by atoms with Gasteiger partial charge in [-0.3, -0.25) is 4.90 Å². The van der Waals surface area contributed by atoms with Crippen LogP contribution in [0.3, 0.4) is 0 Å². The fourth-order valence-corrected chi connectivity index (χ4v) is 2.96. The minimum absolute atomic E-state index is 0.322. The molecule has 0 spiro atoms. The Hall–Kier alpha value is -0.870. The van der Waals surface area contributed by atoms with E-state index in [2.05, 4.69) is 42.3 Å². The number of likely N-dealkylation sites (tertiary alicyclic amines) is 1. The van der Waals surface area contributed by atoms with Crippen LogP contribution in [0, 0.1) is 25.7 Å². The summed E-state index contributed by atoms with van der Waals surface area (Å²) in [4.78, 5) is 7.14. The SMILES string of the molecule is Cc1nc(CN2CCC(C(C)CO)CC2)n(C)c1C. The summed E-state index contributed by atoms with van der Waals surface area (Å²) in [5.41, 5.74) is 2.40. The average Bonchev–Trinajstić information content (AvgIpc) is 2.66. The van der Waals surface area contributed by atoms with Gasteiger partial charge in [0.25, 0.3) is 0 Å². The monoisotopic (exact) mass is 265 g/mol. The molecule has 0 radical (unpaired) electrons. The highest BCUT2D eigenvalue weighted by Gasteiger charge is 2.24. The van der Waals surface area contributed by atoms with Gasteiger partial charge in [-0.1, -0.05) is 6.92 Å². The lowest BCUT2D eigenvalue weighted by atomic mass is 9.86. The van der Waals surface area contributed by atoms with E-state index in [-0.39, 0.29) is 0 Å². The molecule has 1 aromatic heterocycles. The minimum Gasteiger partial charge on any atom is -0.396 e. The molecule has 0 aromatic carbocycles. The number of nitrogens with zero attached hydrogens (tertiary/aromatic N) is 3. The normalized spacial score (nSPS) is 19.8. The molecule has 0 amide bonds. The van der Waals surface area contributed by atoms with E-state index < -0.39 is 0 Å². The summed E-state index contributed by atoms with van der Waals surface area (Å²) in [6.45, 7) is 9.88. The van der Waals surface area contributed by atoms with E-state index >= 15 is 0 Å². The predicted molar refractivity (Wildman–Crippen MR) is 76.9 cm³/mol. The molecule has 1 saturated heterocycles. The van der Waals surface area contributed by atoms with Crippen molar-refractivity contribution in [2.24, 2.45) is 18.9 Å². The van der Waals surface area contributed by atoms with Crippen molar-refractivity contribution in [3.05, 3.63) is 17.2 Å². The Labute approximate surface area is 116 Å². The Bertz CT molecular complexity index is 419. The Morgan fingerprint density at radius 3 is 2.42 bits per heavy atom. The first-order chi connectivity index (χ1) is 9.02. The number of imidazole rings is 1. The highest BCUT2D eigenvalue weighted by Crippen LogP contribution is 2.25. The highest BCUT2D eigenvalue weighted by molar-refractivity contribution is 5.13. The fourth-order valence-electron chi connectivity index (χ4n) is 2.96. The number of aliphatic hydroxyl groups excluding tert-OH is 1. The van der Waals surface area contributed by atoms with E-state index in [1.165, 1.54) is 24.4 Å². The van der Waals surface area contributed by atoms with Crippen LogP contribution in [0.5, 0.6) is 0 Å². The fraction of sp³-hybridized carbons (Fsp3) is 0.800. The van der Waals surface area contributed by atoms with E-state index in [0.29, 0.717) is 18.4 Å². The third kappa shape index (κ3) is 3.18. The first kappa shape index (κ1) is 14.5. The van der Waals surface area contributed by atoms with Crippen LogP contribution in [-0.4, -0.2) is 39.3 Å². The molecular weight excluding hydrogens is 238 g/mol. The number of hydrogen-bond donors (Lipinski definition) is 1. The lowest BCUT2D eigenvalue weighted by Crippen LogP contribution is -2.36. The molecule has 1 unspecified atom stereocenters. The number of hydrogen-bond acceptors (Lipinski definition) is 3. The molecule has 1 fully saturated rings. The summed E-state index contributed by atoms with van der Waals surface area (Å²) in [5.74, 6) is 2.30. The van der Waals surface area contributed by atoms with Crippen molar-refractivity contribution in [1.82, 2.24) is 14.5 Å². The molecule has 4 nitrogen and oxygen atoms in total. The topological polar surface area (TPSA) is 41.3 Å². The van der Waals surface area contributed by atoms with Crippen LogP contribution in [-0.2, 0) is 13.6 Å². The second-order valence-electron chi connectivity index (χ2n) is 6.03. The van der Waals surface area contributed by atoms with Gasteiger partial charge in [0.1, 0.15) is 5.82 Å². The van der Waals surface area contributed by atoms with E-state index in [9.17, 15) is 5.11 Å². The van der Waals surface area contributed by atoms with Crippen molar-refractivity contribution in [2.45, 2.75) is 40.2 Å². The molecule has 108 valence electrons. The molecule has 4 heteroatoms. The van der Waals surface area contributed by atoms with Crippen molar-refractivity contribution >= 4 is 0 Å². The van der Waals surface area contributed by atoms with Gasteiger partial charge in [0.05, 0.1) is 12.2 Å². The second kappa shape index (κ2) is 6.06. The molecule has 1 aromatic rings. The standard InChI is InChI=1S/C15H27N3O/c1-11(10-19)14-5-7-18(8-6-14)9-15-16-12(2)13(3)17(15)4/h11,14,19H,5-10H2,1-4H3. The van der Waals surface area contributed by atoms with Gasteiger partial charge >= 0.3 is 0 Å². The average molecular weight is 265 g/mol. The Kier molecular flexibility index (Phi) is 4.63. The van der Waals surface area contributed by atoms with Crippen LogP contribution in [0.15, 0.2) is 0 Å². The predicted octanol–water partition coefficient (Wildman–Crippen LogP) is 1.88. The number of aryl methyl sites for hydroxylation is 1. The van der Waals surface area contributed by atoms with Crippen molar-refractivity contribution in [1.29, 1.82) is 0 Å². The van der Waals surface area contributed by atoms with Crippen molar-refractivity contribution < 1.29 is 5.11 Å². The molecule has 2 heterocycles. The third-order valence-electron chi connectivity index (χ3n) is 4.80. The van der Waals surface area contributed by atoms with E-state index in [1.54, 1.807) is 0 Å².